The average molecular weight is 599 g/mol. The third kappa shape index (κ3) is 3.92. The number of aromatic nitrogens is 2. The average Bonchev–Trinajstić information content (AvgIpc) is 3.79. The molecular weight excluding hydrogens is 569 g/mol. The van der Waals surface area contributed by atoms with Crippen molar-refractivity contribution in [3.63, 3.8) is 0 Å². The molecule has 2 aromatic heterocycles. The minimum Gasteiger partial charge on any atom is -0.316 e. The second kappa shape index (κ2) is 10.2. The fourth-order valence-electron chi connectivity index (χ4n) is 7.95. The van der Waals surface area contributed by atoms with E-state index in [0.29, 0.717) is 0 Å². The molecule has 0 radical (unpaired) electrons. The van der Waals surface area contributed by atoms with E-state index in [1.807, 2.05) is 0 Å². The molecule has 0 fully saturated rings. The molecule has 0 amide bonds. The Hall–Kier alpha value is -6.12. The summed E-state index contributed by atoms with van der Waals surface area (Å²) in [5.41, 5.74) is 15.2. The summed E-state index contributed by atoms with van der Waals surface area (Å²) < 4.78 is 4.77. The molecular formula is C45H30N2. The summed E-state index contributed by atoms with van der Waals surface area (Å²) in [7, 11) is 0. The van der Waals surface area contributed by atoms with E-state index in [2.05, 4.69) is 185 Å². The predicted molar refractivity (Wildman–Crippen MR) is 196 cm³/mol. The molecule has 9 aromatic rings. The molecule has 1 unspecified atom stereocenters. The summed E-state index contributed by atoms with van der Waals surface area (Å²) in [6.45, 7) is 0. The highest BCUT2D eigenvalue weighted by Crippen LogP contribution is 2.50. The van der Waals surface area contributed by atoms with Crippen LogP contribution in [0.3, 0.4) is 0 Å². The highest BCUT2D eigenvalue weighted by Gasteiger charge is 2.31. The fraction of sp³-hybridized carbons (Fsp3) is 0.0222. The maximum atomic E-state index is 2.47. The maximum Gasteiger partial charge on any atom is 0.0544 e. The Morgan fingerprint density at radius 3 is 1.85 bits per heavy atom. The van der Waals surface area contributed by atoms with Crippen LogP contribution in [-0.2, 0) is 0 Å². The first kappa shape index (κ1) is 26.1. The first-order chi connectivity index (χ1) is 23.3. The van der Waals surface area contributed by atoms with Gasteiger partial charge in [0.25, 0.3) is 0 Å². The van der Waals surface area contributed by atoms with Crippen LogP contribution < -0.4 is 0 Å². The van der Waals surface area contributed by atoms with Crippen molar-refractivity contribution >= 4 is 32.7 Å². The number of hydrogen-bond acceptors (Lipinski definition) is 0. The first-order valence-electron chi connectivity index (χ1n) is 16.3. The van der Waals surface area contributed by atoms with Gasteiger partial charge < -0.3 is 9.13 Å². The monoisotopic (exact) mass is 598 g/mol. The standard InChI is InChI=1S/C45H30N2/c1-4-14-30(15-5-1)45-36-22-11-10-20-34(36)37-27-39-38-26-31(24-25-43(38)47(44(39)28-40(37)45)33-18-8-3-9-19-33)41-29-46(32-16-6-2-7-17-32)42-23-13-12-21-35(41)42/h1-29,45H. The van der Waals surface area contributed by atoms with Crippen LogP contribution in [0.1, 0.15) is 22.6 Å². The second-order valence-corrected chi connectivity index (χ2v) is 12.6. The Morgan fingerprint density at radius 2 is 1.04 bits per heavy atom. The number of fused-ring (bicyclic) bond motifs is 7. The lowest BCUT2D eigenvalue weighted by Crippen LogP contribution is -1.99. The minimum absolute atomic E-state index is 0.203. The highest BCUT2D eigenvalue weighted by molar-refractivity contribution is 6.13. The number of para-hydroxylation sites is 3. The lowest BCUT2D eigenvalue weighted by Gasteiger charge is -2.15. The zero-order chi connectivity index (χ0) is 30.9. The maximum absolute atomic E-state index is 2.47. The van der Waals surface area contributed by atoms with Crippen LogP contribution in [0.15, 0.2) is 176 Å². The van der Waals surface area contributed by atoms with Crippen molar-refractivity contribution in [2.24, 2.45) is 0 Å². The van der Waals surface area contributed by atoms with E-state index >= 15 is 0 Å². The summed E-state index contributed by atoms with van der Waals surface area (Å²) in [6.07, 6.45) is 2.30. The van der Waals surface area contributed by atoms with Gasteiger partial charge in [0.05, 0.1) is 16.6 Å². The van der Waals surface area contributed by atoms with E-state index < -0.39 is 0 Å². The molecule has 0 spiro atoms. The van der Waals surface area contributed by atoms with Crippen LogP contribution in [0.25, 0.3) is 66.3 Å². The Morgan fingerprint density at radius 1 is 0.383 bits per heavy atom. The second-order valence-electron chi connectivity index (χ2n) is 12.6. The molecule has 0 bridgehead atoms. The molecule has 2 heteroatoms. The quantitative estimate of drug-likeness (QED) is 0.191. The van der Waals surface area contributed by atoms with Crippen LogP contribution in [-0.4, -0.2) is 9.13 Å². The molecule has 1 aliphatic carbocycles. The van der Waals surface area contributed by atoms with Crippen LogP contribution in [0, 0.1) is 0 Å². The van der Waals surface area contributed by atoms with Gasteiger partial charge in [0.2, 0.25) is 0 Å². The van der Waals surface area contributed by atoms with Crippen molar-refractivity contribution in [2.45, 2.75) is 5.92 Å². The van der Waals surface area contributed by atoms with Crippen molar-refractivity contribution in [2.75, 3.05) is 0 Å². The van der Waals surface area contributed by atoms with Gasteiger partial charge in [0.1, 0.15) is 0 Å². The molecule has 0 saturated heterocycles. The lowest BCUT2D eigenvalue weighted by atomic mass is 9.89. The van der Waals surface area contributed by atoms with Gasteiger partial charge in [-0.15, -0.1) is 0 Å². The third-order valence-electron chi connectivity index (χ3n) is 10.0. The zero-order valence-electron chi connectivity index (χ0n) is 25.7. The van der Waals surface area contributed by atoms with E-state index in [4.69, 9.17) is 0 Å². The molecule has 7 aromatic carbocycles. The predicted octanol–water partition coefficient (Wildman–Crippen LogP) is 11.6. The summed E-state index contributed by atoms with van der Waals surface area (Å²) in [4.78, 5) is 0. The molecule has 0 N–H and O–H groups in total. The Kier molecular flexibility index (Phi) is 5.67. The third-order valence-corrected chi connectivity index (χ3v) is 10.0. The van der Waals surface area contributed by atoms with E-state index in [1.54, 1.807) is 0 Å². The first-order valence-corrected chi connectivity index (χ1v) is 16.3. The van der Waals surface area contributed by atoms with Gasteiger partial charge in [-0.05, 0) is 88.0 Å². The highest BCUT2D eigenvalue weighted by atomic mass is 15.0. The summed E-state index contributed by atoms with van der Waals surface area (Å²) in [6, 6.07) is 62.1. The van der Waals surface area contributed by atoms with Gasteiger partial charge in [-0.3, -0.25) is 0 Å². The summed E-state index contributed by atoms with van der Waals surface area (Å²) in [5, 5.41) is 3.80. The topological polar surface area (TPSA) is 9.86 Å². The van der Waals surface area contributed by atoms with Crippen LogP contribution >= 0.6 is 0 Å². The van der Waals surface area contributed by atoms with Gasteiger partial charge in [0.15, 0.2) is 0 Å². The van der Waals surface area contributed by atoms with Crippen molar-refractivity contribution < 1.29 is 0 Å². The Bertz CT molecular complexity index is 2610. The van der Waals surface area contributed by atoms with Crippen molar-refractivity contribution in [3.05, 3.63) is 193 Å². The van der Waals surface area contributed by atoms with Gasteiger partial charge in [-0.25, -0.2) is 0 Å². The molecule has 220 valence electrons. The van der Waals surface area contributed by atoms with E-state index in [1.165, 1.54) is 83.0 Å². The molecule has 0 saturated carbocycles. The molecule has 10 rings (SSSR count). The Labute approximate surface area is 273 Å². The lowest BCUT2D eigenvalue weighted by molar-refractivity contribution is 1.01. The van der Waals surface area contributed by atoms with Gasteiger partial charge >= 0.3 is 0 Å². The summed E-state index contributed by atoms with van der Waals surface area (Å²) >= 11 is 0. The number of rotatable bonds is 4. The Balaban J connectivity index is 1.26. The molecule has 0 aliphatic heterocycles. The molecule has 1 atom stereocenters. The molecule has 1 aliphatic rings. The summed E-state index contributed by atoms with van der Waals surface area (Å²) in [5.74, 6) is 0.203. The largest absolute Gasteiger partial charge is 0.316 e. The minimum atomic E-state index is 0.203. The van der Waals surface area contributed by atoms with E-state index in [9.17, 15) is 0 Å². The molecule has 2 heterocycles. The van der Waals surface area contributed by atoms with Crippen LogP contribution in [0.5, 0.6) is 0 Å². The normalized spacial score (nSPS) is 13.7. The number of nitrogens with zero attached hydrogens (tertiary/aromatic N) is 2. The van der Waals surface area contributed by atoms with Crippen molar-refractivity contribution in [1.29, 1.82) is 0 Å². The van der Waals surface area contributed by atoms with E-state index in [0.717, 1.165) is 0 Å². The van der Waals surface area contributed by atoms with Gasteiger partial charge in [-0.2, -0.15) is 0 Å². The number of benzene rings is 7. The van der Waals surface area contributed by atoms with E-state index in [-0.39, 0.29) is 5.92 Å². The van der Waals surface area contributed by atoms with Crippen LogP contribution in [0.2, 0.25) is 0 Å². The van der Waals surface area contributed by atoms with Gasteiger partial charge in [0, 0.05) is 45.2 Å². The van der Waals surface area contributed by atoms with Crippen molar-refractivity contribution in [1.82, 2.24) is 9.13 Å². The smallest absolute Gasteiger partial charge is 0.0544 e. The number of hydrogen-bond donors (Lipinski definition) is 0. The molecule has 2 nitrogen and oxygen atoms in total. The SMILES string of the molecule is c1ccc(C2c3ccccc3-c3cc4c5cc(-c6cn(-c7ccccc7)c7ccccc67)ccc5n(-c5ccccc5)c4cc32)cc1. The molecule has 47 heavy (non-hydrogen) atoms. The fourth-order valence-corrected chi connectivity index (χ4v) is 7.95. The van der Waals surface area contributed by atoms with Crippen molar-refractivity contribution in [3.8, 4) is 33.6 Å². The van der Waals surface area contributed by atoms with Gasteiger partial charge in [-0.1, -0.05) is 115 Å². The zero-order valence-corrected chi connectivity index (χ0v) is 25.7. The van der Waals surface area contributed by atoms with Crippen LogP contribution in [0.4, 0.5) is 0 Å².